The summed E-state index contributed by atoms with van der Waals surface area (Å²) >= 11 is 0. The summed E-state index contributed by atoms with van der Waals surface area (Å²) in [5, 5.41) is 18.2. The number of carbonyl (C=O) groups excluding carboxylic acids is 2. The highest BCUT2D eigenvalue weighted by atomic mass is 16.5. The van der Waals surface area contributed by atoms with Gasteiger partial charge in [-0.25, -0.2) is 0 Å². The van der Waals surface area contributed by atoms with Crippen LogP contribution in [0.25, 0.3) is 0 Å². The Morgan fingerprint density at radius 1 is 1.41 bits per heavy atom. The van der Waals surface area contributed by atoms with Gasteiger partial charge in [-0.1, -0.05) is 12.1 Å². The number of benzene rings is 1. The van der Waals surface area contributed by atoms with Crippen LogP contribution in [-0.4, -0.2) is 65.5 Å². The summed E-state index contributed by atoms with van der Waals surface area (Å²) in [6.07, 6.45) is 0.312. The number of carbonyl (C=O) groups is 3. The van der Waals surface area contributed by atoms with Crippen molar-refractivity contribution in [3.63, 3.8) is 0 Å². The van der Waals surface area contributed by atoms with Crippen molar-refractivity contribution < 1.29 is 24.2 Å². The summed E-state index contributed by atoms with van der Waals surface area (Å²) in [5.74, 6) is -1.85. The molecule has 8 nitrogen and oxygen atoms in total. The molecule has 2 rings (SSSR count). The van der Waals surface area contributed by atoms with Crippen LogP contribution in [0.5, 0.6) is 5.75 Å². The SMILES string of the molecule is CC(Oc1ccccc1C#N)C(=O)N(C)CC(=O)N1CCCC(C(=O)O)C1. The van der Waals surface area contributed by atoms with Crippen LogP contribution in [0.15, 0.2) is 24.3 Å². The van der Waals surface area contributed by atoms with E-state index in [1.807, 2.05) is 6.07 Å². The lowest BCUT2D eigenvalue weighted by Gasteiger charge is -2.32. The number of carboxylic acid groups (broad SMARTS) is 1. The molecule has 2 atom stereocenters. The summed E-state index contributed by atoms with van der Waals surface area (Å²) in [6, 6.07) is 8.60. The fourth-order valence-electron chi connectivity index (χ4n) is 3.00. The molecule has 1 heterocycles. The first-order valence-electron chi connectivity index (χ1n) is 8.74. The second kappa shape index (κ2) is 9.03. The Bertz CT molecular complexity index is 758. The number of piperidine rings is 1. The Kier molecular flexibility index (Phi) is 6.77. The molecule has 0 saturated carbocycles. The van der Waals surface area contributed by atoms with Gasteiger partial charge >= 0.3 is 5.97 Å². The summed E-state index contributed by atoms with van der Waals surface area (Å²) in [7, 11) is 1.49. The number of carboxylic acids is 1. The normalized spacial score (nSPS) is 17.5. The molecule has 1 aromatic carbocycles. The predicted octanol–water partition coefficient (Wildman–Crippen LogP) is 1.11. The molecular formula is C19H23N3O5. The highest BCUT2D eigenvalue weighted by Gasteiger charge is 2.30. The average Bonchev–Trinajstić information content (AvgIpc) is 2.67. The van der Waals surface area contributed by atoms with Gasteiger partial charge in [-0.05, 0) is 31.9 Å². The molecule has 8 heteroatoms. The minimum atomic E-state index is -0.907. The van der Waals surface area contributed by atoms with E-state index in [0.29, 0.717) is 30.7 Å². The van der Waals surface area contributed by atoms with E-state index in [2.05, 4.69) is 0 Å². The van der Waals surface area contributed by atoms with Gasteiger partial charge in [0.05, 0.1) is 18.0 Å². The second-order valence-corrected chi connectivity index (χ2v) is 6.58. The van der Waals surface area contributed by atoms with Gasteiger partial charge in [0.2, 0.25) is 5.91 Å². The zero-order valence-electron chi connectivity index (χ0n) is 15.4. The predicted molar refractivity (Wildman–Crippen MR) is 95.8 cm³/mol. The molecule has 0 aromatic heterocycles. The molecular weight excluding hydrogens is 350 g/mol. The number of nitrogens with zero attached hydrogens (tertiary/aromatic N) is 3. The van der Waals surface area contributed by atoms with Gasteiger partial charge < -0.3 is 19.6 Å². The summed E-state index contributed by atoms with van der Waals surface area (Å²) in [6.45, 7) is 2.06. The van der Waals surface area contributed by atoms with E-state index in [9.17, 15) is 14.4 Å². The van der Waals surface area contributed by atoms with Crippen molar-refractivity contribution in [2.45, 2.75) is 25.9 Å². The van der Waals surface area contributed by atoms with Crippen molar-refractivity contribution in [3.8, 4) is 11.8 Å². The fraction of sp³-hybridized carbons (Fsp3) is 0.474. The summed E-state index contributed by atoms with van der Waals surface area (Å²) in [4.78, 5) is 38.8. The number of aliphatic carboxylic acids is 1. The van der Waals surface area contributed by atoms with Crippen LogP contribution in [0.4, 0.5) is 0 Å². The van der Waals surface area contributed by atoms with Crippen LogP contribution in [0, 0.1) is 17.2 Å². The zero-order chi connectivity index (χ0) is 20.0. The third-order valence-corrected chi connectivity index (χ3v) is 4.53. The number of hydrogen-bond donors (Lipinski definition) is 1. The zero-order valence-corrected chi connectivity index (χ0v) is 15.4. The van der Waals surface area contributed by atoms with Gasteiger partial charge in [0.15, 0.2) is 6.10 Å². The smallest absolute Gasteiger partial charge is 0.308 e. The Morgan fingerprint density at radius 2 is 2.11 bits per heavy atom. The van der Waals surface area contributed by atoms with E-state index < -0.39 is 23.9 Å². The lowest BCUT2D eigenvalue weighted by molar-refractivity contribution is -0.148. The first-order valence-corrected chi connectivity index (χ1v) is 8.74. The van der Waals surface area contributed by atoms with Gasteiger partial charge in [-0.2, -0.15) is 5.26 Å². The Hall–Kier alpha value is -3.08. The molecule has 0 spiro atoms. The van der Waals surface area contributed by atoms with E-state index in [1.54, 1.807) is 31.2 Å². The number of hydrogen-bond acceptors (Lipinski definition) is 5. The molecule has 27 heavy (non-hydrogen) atoms. The average molecular weight is 373 g/mol. The highest BCUT2D eigenvalue weighted by molar-refractivity contribution is 5.87. The molecule has 1 aliphatic rings. The molecule has 1 fully saturated rings. The van der Waals surface area contributed by atoms with Gasteiger partial charge in [0.1, 0.15) is 11.8 Å². The quantitative estimate of drug-likeness (QED) is 0.800. The summed E-state index contributed by atoms with van der Waals surface area (Å²) < 4.78 is 5.58. The van der Waals surface area contributed by atoms with Crippen LogP contribution in [0.2, 0.25) is 0 Å². The molecule has 2 amide bonds. The van der Waals surface area contributed by atoms with Crippen LogP contribution in [-0.2, 0) is 14.4 Å². The molecule has 0 aliphatic carbocycles. The first kappa shape index (κ1) is 20.2. The van der Waals surface area contributed by atoms with Crippen molar-refractivity contribution in [2.75, 3.05) is 26.7 Å². The van der Waals surface area contributed by atoms with Crippen molar-refractivity contribution in [1.29, 1.82) is 5.26 Å². The first-order chi connectivity index (χ1) is 12.8. The topological polar surface area (TPSA) is 111 Å². The number of nitriles is 1. The maximum absolute atomic E-state index is 12.5. The second-order valence-electron chi connectivity index (χ2n) is 6.58. The monoisotopic (exact) mass is 373 g/mol. The largest absolute Gasteiger partial charge is 0.481 e. The lowest BCUT2D eigenvalue weighted by atomic mass is 9.98. The number of likely N-dealkylation sites (tertiary alicyclic amines) is 1. The van der Waals surface area contributed by atoms with Crippen LogP contribution < -0.4 is 4.74 Å². The Morgan fingerprint density at radius 3 is 2.78 bits per heavy atom. The Labute approximate surface area is 157 Å². The van der Waals surface area contributed by atoms with E-state index in [1.165, 1.54) is 16.8 Å². The molecule has 0 bridgehead atoms. The van der Waals surface area contributed by atoms with E-state index in [0.717, 1.165) is 0 Å². The third-order valence-electron chi connectivity index (χ3n) is 4.53. The minimum absolute atomic E-state index is 0.154. The van der Waals surface area contributed by atoms with Gasteiger partial charge in [-0.15, -0.1) is 0 Å². The number of rotatable bonds is 6. The van der Waals surface area contributed by atoms with Crippen LogP contribution in [0.1, 0.15) is 25.3 Å². The number of ether oxygens (including phenoxy) is 1. The van der Waals surface area contributed by atoms with E-state index in [-0.39, 0.29) is 19.0 Å². The minimum Gasteiger partial charge on any atom is -0.481 e. The molecule has 144 valence electrons. The standard InChI is InChI=1S/C19H23N3O5/c1-13(27-16-8-4-3-6-14(16)10-20)18(24)21(2)12-17(23)22-9-5-7-15(11-22)19(25)26/h3-4,6,8,13,15H,5,7,9,11-12H2,1-2H3,(H,25,26). The van der Waals surface area contributed by atoms with Crippen LogP contribution in [0.3, 0.4) is 0 Å². The van der Waals surface area contributed by atoms with Gasteiger partial charge in [0, 0.05) is 20.1 Å². The summed E-state index contributed by atoms with van der Waals surface area (Å²) in [5.41, 5.74) is 0.323. The molecule has 2 unspecified atom stereocenters. The van der Waals surface area contributed by atoms with Crippen molar-refractivity contribution in [3.05, 3.63) is 29.8 Å². The van der Waals surface area contributed by atoms with Crippen molar-refractivity contribution >= 4 is 17.8 Å². The molecule has 0 radical (unpaired) electrons. The lowest BCUT2D eigenvalue weighted by Crippen LogP contribution is -2.48. The number of amides is 2. The third kappa shape index (κ3) is 5.20. The van der Waals surface area contributed by atoms with E-state index >= 15 is 0 Å². The van der Waals surface area contributed by atoms with E-state index in [4.69, 9.17) is 15.1 Å². The maximum Gasteiger partial charge on any atom is 0.308 e. The van der Waals surface area contributed by atoms with Crippen LogP contribution >= 0.6 is 0 Å². The molecule has 1 aliphatic heterocycles. The van der Waals surface area contributed by atoms with Crippen molar-refractivity contribution in [1.82, 2.24) is 9.80 Å². The molecule has 1 saturated heterocycles. The number of para-hydroxylation sites is 1. The molecule has 1 N–H and O–H groups in total. The van der Waals surface area contributed by atoms with Gasteiger partial charge in [-0.3, -0.25) is 14.4 Å². The van der Waals surface area contributed by atoms with Gasteiger partial charge in [0.25, 0.3) is 5.91 Å². The molecule has 1 aromatic rings. The maximum atomic E-state index is 12.5. The Balaban J connectivity index is 1.93. The fourth-order valence-corrected chi connectivity index (χ4v) is 3.00. The number of likely N-dealkylation sites (N-methyl/N-ethyl adjacent to an activating group) is 1. The van der Waals surface area contributed by atoms with Crippen molar-refractivity contribution in [2.24, 2.45) is 5.92 Å². The highest BCUT2D eigenvalue weighted by Crippen LogP contribution is 2.19.